The van der Waals surface area contributed by atoms with Gasteiger partial charge in [0, 0.05) is 11.1 Å². The maximum absolute atomic E-state index is 5.85. The zero-order valence-electron chi connectivity index (χ0n) is 9.29. The first-order chi connectivity index (χ1) is 7.08. The van der Waals surface area contributed by atoms with Gasteiger partial charge < -0.3 is 4.74 Å². The first-order valence-corrected chi connectivity index (χ1v) is 6.24. The highest BCUT2D eigenvalue weighted by Gasteiger charge is 2.30. The molecule has 0 aliphatic carbocycles. The maximum atomic E-state index is 5.85. The van der Waals surface area contributed by atoms with E-state index in [4.69, 9.17) is 4.74 Å². The lowest BCUT2D eigenvalue weighted by Gasteiger charge is -2.35. The van der Waals surface area contributed by atoms with Gasteiger partial charge in [0.05, 0.1) is 6.10 Å². The third-order valence-corrected chi connectivity index (χ3v) is 3.81. The van der Waals surface area contributed by atoms with Gasteiger partial charge in [-0.25, -0.2) is 0 Å². The lowest BCUT2D eigenvalue weighted by molar-refractivity contribution is -0.0378. The van der Waals surface area contributed by atoms with Gasteiger partial charge in [-0.3, -0.25) is 0 Å². The fourth-order valence-corrected chi connectivity index (χ4v) is 2.62. The zero-order valence-corrected chi connectivity index (χ0v) is 10.9. The Balaban J connectivity index is 2.21. The van der Waals surface area contributed by atoms with Crippen molar-refractivity contribution >= 4 is 15.9 Å². The third kappa shape index (κ3) is 2.61. The molecule has 15 heavy (non-hydrogen) atoms. The molecule has 1 aromatic rings. The van der Waals surface area contributed by atoms with Crippen LogP contribution in [0.15, 0.2) is 28.7 Å². The van der Waals surface area contributed by atoms with E-state index in [1.54, 1.807) is 0 Å². The third-order valence-electron chi connectivity index (χ3n) is 3.09. The van der Waals surface area contributed by atoms with Gasteiger partial charge in [-0.1, -0.05) is 48.0 Å². The molecule has 2 heteroatoms. The molecular formula is C13H17BrO. The van der Waals surface area contributed by atoms with Crippen LogP contribution >= 0.6 is 15.9 Å². The number of halogens is 1. The van der Waals surface area contributed by atoms with E-state index < -0.39 is 0 Å². The van der Waals surface area contributed by atoms with Crippen molar-refractivity contribution in [2.75, 3.05) is 6.61 Å². The lowest BCUT2D eigenvalue weighted by atomic mass is 9.80. The number of hydrogen-bond acceptors (Lipinski definition) is 1. The van der Waals surface area contributed by atoms with Crippen LogP contribution in [0.3, 0.4) is 0 Å². The Kier molecular flexibility index (Phi) is 3.17. The Morgan fingerprint density at radius 2 is 2.07 bits per heavy atom. The van der Waals surface area contributed by atoms with Gasteiger partial charge in [0.1, 0.15) is 0 Å². The molecule has 0 N–H and O–H groups in total. The number of benzene rings is 1. The standard InChI is InChI=1S/C13H17BrO/c1-13(2)7-8-15-12(9-13)10-5-3-4-6-11(10)14/h3-6,12H,7-9H2,1-2H3. The van der Waals surface area contributed by atoms with Crippen molar-refractivity contribution in [3.8, 4) is 0 Å². The summed E-state index contributed by atoms with van der Waals surface area (Å²) in [7, 11) is 0. The van der Waals surface area contributed by atoms with Crippen molar-refractivity contribution < 1.29 is 4.74 Å². The Hall–Kier alpha value is -0.340. The molecule has 1 aliphatic rings. The van der Waals surface area contributed by atoms with E-state index in [1.165, 1.54) is 5.56 Å². The number of hydrogen-bond donors (Lipinski definition) is 0. The van der Waals surface area contributed by atoms with Crippen molar-refractivity contribution in [3.63, 3.8) is 0 Å². The minimum Gasteiger partial charge on any atom is -0.373 e. The SMILES string of the molecule is CC1(C)CCOC(c2ccccc2Br)C1. The monoisotopic (exact) mass is 268 g/mol. The highest BCUT2D eigenvalue weighted by molar-refractivity contribution is 9.10. The fraction of sp³-hybridized carbons (Fsp3) is 0.538. The van der Waals surface area contributed by atoms with Crippen molar-refractivity contribution in [1.82, 2.24) is 0 Å². The van der Waals surface area contributed by atoms with Crippen LogP contribution in [0.2, 0.25) is 0 Å². The average Bonchev–Trinajstić information content (AvgIpc) is 2.17. The Morgan fingerprint density at radius 1 is 1.33 bits per heavy atom. The molecule has 2 rings (SSSR count). The molecule has 0 saturated carbocycles. The van der Waals surface area contributed by atoms with E-state index >= 15 is 0 Å². The van der Waals surface area contributed by atoms with Crippen LogP contribution in [0.25, 0.3) is 0 Å². The predicted molar refractivity (Wildman–Crippen MR) is 65.9 cm³/mol. The normalized spacial score (nSPS) is 25.1. The largest absolute Gasteiger partial charge is 0.373 e. The van der Waals surface area contributed by atoms with Gasteiger partial charge in [0.15, 0.2) is 0 Å². The van der Waals surface area contributed by atoms with E-state index in [2.05, 4.69) is 48.0 Å². The highest BCUT2D eigenvalue weighted by atomic mass is 79.9. The molecular weight excluding hydrogens is 252 g/mol. The Bertz CT molecular complexity index is 346. The molecule has 1 heterocycles. The Labute approximate surface area is 100.0 Å². The van der Waals surface area contributed by atoms with Crippen LogP contribution in [0.4, 0.5) is 0 Å². The van der Waals surface area contributed by atoms with E-state index in [9.17, 15) is 0 Å². The van der Waals surface area contributed by atoms with Crippen LogP contribution in [0.5, 0.6) is 0 Å². The molecule has 0 amide bonds. The molecule has 0 bridgehead atoms. The smallest absolute Gasteiger partial charge is 0.0840 e. The molecule has 82 valence electrons. The van der Waals surface area contributed by atoms with E-state index in [1.807, 2.05) is 6.07 Å². The summed E-state index contributed by atoms with van der Waals surface area (Å²) in [6.45, 7) is 5.51. The summed E-state index contributed by atoms with van der Waals surface area (Å²) in [4.78, 5) is 0. The lowest BCUT2D eigenvalue weighted by Crippen LogP contribution is -2.26. The van der Waals surface area contributed by atoms with Crippen LogP contribution < -0.4 is 0 Å². The van der Waals surface area contributed by atoms with Gasteiger partial charge in [-0.15, -0.1) is 0 Å². The molecule has 1 nitrogen and oxygen atoms in total. The van der Waals surface area contributed by atoms with Crippen LogP contribution in [-0.2, 0) is 4.74 Å². The molecule has 1 unspecified atom stereocenters. The summed E-state index contributed by atoms with van der Waals surface area (Å²) in [6, 6.07) is 8.35. The first-order valence-electron chi connectivity index (χ1n) is 5.44. The summed E-state index contributed by atoms with van der Waals surface area (Å²) < 4.78 is 7.01. The maximum Gasteiger partial charge on any atom is 0.0840 e. The second-order valence-corrected chi connectivity index (χ2v) is 5.85. The fourth-order valence-electron chi connectivity index (χ4n) is 2.08. The van der Waals surface area contributed by atoms with Gasteiger partial charge in [0.25, 0.3) is 0 Å². The summed E-state index contributed by atoms with van der Waals surface area (Å²) >= 11 is 3.59. The average molecular weight is 269 g/mol. The molecule has 1 atom stereocenters. The molecule has 1 aliphatic heterocycles. The second-order valence-electron chi connectivity index (χ2n) is 5.00. The summed E-state index contributed by atoms with van der Waals surface area (Å²) in [6.07, 6.45) is 2.52. The van der Waals surface area contributed by atoms with E-state index in [0.29, 0.717) is 5.41 Å². The first kappa shape index (κ1) is 11.2. The summed E-state index contributed by atoms with van der Waals surface area (Å²) in [5.41, 5.74) is 1.68. The summed E-state index contributed by atoms with van der Waals surface area (Å²) in [5, 5.41) is 0. The van der Waals surface area contributed by atoms with Crippen LogP contribution in [0.1, 0.15) is 38.4 Å². The molecule has 0 spiro atoms. The molecule has 0 radical (unpaired) electrons. The summed E-state index contributed by atoms with van der Waals surface area (Å²) in [5.74, 6) is 0. The number of rotatable bonds is 1. The topological polar surface area (TPSA) is 9.23 Å². The molecule has 1 aromatic carbocycles. The highest BCUT2D eigenvalue weighted by Crippen LogP contribution is 2.41. The van der Waals surface area contributed by atoms with Gasteiger partial charge >= 0.3 is 0 Å². The van der Waals surface area contributed by atoms with Gasteiger partial charge in [-0.2, -0.15) is 0 Å². The minimum absolute atomic E-state index is 0.254. The van der Waals surface area contributed by atoms with Crippen molar-refractivity contribution in [2.24, 2.45) is 5.41 Å². The van der Waals surface area contributed by atoms with Crippen molar-refractivity contribution in [3.05, 3.63) is 34.3 Å². The molecule has 1 fully saturated rings. The Morgan fingerprint density at radius 3 is 2.73 bits per heavy atom. The van der Waals surface area contributed by atoms with Gasteiger partial charge in [-0.05, 0) is 29.9 Å². The molecule has 0 aromatic heterocycles. The van der Waals surface area contributed by atoms with E-state index in [-0.39, 0.29) is 6.10 Å². The van der Waals surface area contributed by atoms with Gasteiger partial charge in [0.2, 0.25) is 0 Å². The van der Waals surface area contributed by atoms with Crippen molar-refractivity contribution in [2.45, 2.75) is 32.8 Å². The predicted octanol–water partition coefficient (Wildman–Crippen LogP) is 4.33. The quantitative estimate of drug-likeness (QED) is 0.737. The zero-order chi connectivity index (χ0) is 10.9. The van der Waals surface area contributed by atoms with E-state index in [0.717, 1.165) is 23.9 Å². The molecule has 1 saturated heterocycles. The number of ether oxygens (including phenoxy) is 1. The second kappa shape index (κ2) is 4.26. The van der Waals surface area contributed by atoms with Crippen molar-refractivity contribution in [1.29, 1.82) is 0 Å². The van der Waals surface area contributed by atoms with Crippen LogP contribution in [0, 0.1) is 5.41 Å². The minimum atomic E-state index is 0.254. The van der Waals surface area contributed by atoms with Crippen LogP contribution in [-0.4, -0.2) is 6.61 Å².